The normalized spacial score (nSPS) is 18.7. The number of rotatable bonds is 5. The van der Waals surface area contributed by atoms with Crippen LogP contribution in [-0.4, -0.2) is 40.5 Å². The van der Waals surface area contributed by atoms with Crippen LogP contribution in [0.5, 0.6) is 0 Å². The molecule has 10 heteroatoms. The Hall–Kier alpha value is -2.46. The van der Waals surface area contributed by atoms with E-state index in [0.717, 1.165) is 32.1 Å². The maximum Gasteiger partial charge on any atom is 0.420 e. The van der Waals surface area contributed by atoms with E-state index < -0.39 is 15.8 Å². The molecule has 0 atom stereocenters. The van der Waals surface area contributed by atoms with Crippen molar-refractivity contribution in [3.63, 3.8) is 0 Å². The number of hydrogen-bond acceptors (Lipinski definition) is 7. The van der Waals surface area contributed by atoms with Gasteiger partial charge in [0.15, 0.2) is 11.4 Å². The summed E-state index contributed by atoms with van der Waals surface area (Å²) in [4.78, 5) is 16.8. The highest BCUT2D eigenvalue weighted by molar-refractivity contribution is 7.89. The van der Waals surface area contributed by atoms with Crippen LogP contribution in [0.2, 0.25) is 0 Å². The van der Waals surface area contributed by atoms with Gasteiger partial charge in [-0.25, -0.2) is 13.2 Å². The van der Waals surface area contributed by atoms with Crippen molar-refractivity contribution in [3.8, 4) is 0 Å². The van der Waals surface area contributed by atoms with Gasteiger partial charge < -0.3 is 8.94 Å². The summed E-state index contributed by atoms with van der Waals surface area (Å²) in [7, 11) is -3.59. The van der Waals surface area contributed by atoms with Gasteiger partial charge in [0.05, 0.1) is 17.0 Å². The van der Waals surface area contributed by atoms with E-state index in [4.69, 9.17) is 8.94 Å². The molecule has 9 nitrogen and oxygen atoms in total. The van der Waals surface area contributed by atoms with Crippen LogP contribution >= 0.6 is 0 Å². The first-order valence-corrected chi connectivity index (χ1v) is 10.9. The number of benzene rings is 1. The second-order valence-corrected chi connectivity index (χ2v) is 9.31. The van der Waals surface area contributed by atoms with Gasteiger partial charge in [0, 0.05) is 25.1 Å². The molecule has 0 radical (unpaired) electrons. The lowest BCUT2D eigenvalue weighted by molar-refractivity contribution is 0.346. The molecule has 0 amide bonds. The van der Waals surface area contributed by atoms with Gasteiger partial charge in [-0.3, -0.25) is 4.57 Å². The number of fused-ring (bicyclic) bond motifs is 1. The fourth-order valence-electron chi connectivity index (χ4n) is 3.58. The summed E-state index contributed by atoms with van der Waals surface area (Å²) in [6, 6.07) is 4.53. The molecular formula is C18H20N4O5S. The van der Waals surface area contributed by atoms with Crippen molar-refractivity contribution < 1.29 is 17.4 Å². The lowest BCUT2D eigenvalue weighted by atomic mass is 10.2. The van der Waals surface area contributed by atoms with Crippen LogP contribution in [0.25, 0.3) is 11.1 Å². The molecule has 1 saturated carbocycles. The summed E-state index contributed by atoms with van der Waals surface area (Å²) in [6.45, 7) is 1.15. The van der Waals surface area contributed by atoms with E-state index in [-0.39, 0.29) is 17.0 Å². The van der Waals surface area contributed by atoms with Crippen LogP contribution < -0.4 is 5.76 Å². The first-order valence-electron chi connectivity index (χ1n) is 9.48. The average Bonchev–Trinajstić information content (AvgIpc) is 3.37. The largest absolute Gasteiger partial charge is 0.420 e. The standard InChI is InChI=1S/C18H20N4O5S/c23-18-22(11-16-19-17(27-20-16)12-4-5-12)14-7-6-13(10-15(14)26-18)28(24,25)21-8-2-1-3-9-21/h6-7,10,12H,1-5,8-9,11H2. The lowest BCUT2D eigenvalue weighted by Crippen LogP contribution is -2.35. The van der Waals surface area contributed by atoms with Crippen molar-refractivity contribution in [2.45, 2.75) is 49.5 Å². The van der Waals surface area contributed by atoms with E-state index in [9.17, 15) is 13.2 Å². The van der Waals surface area contributed by atoms with Crippen molar-refractivity contribution in [1.82, 2.24) is 19.0 Å². The summed E-state index contributed by atoms with van der Waals surface area (Å²) in [5, 5.41) is 3.93. The molecule has 1 saturated heterocycles. The summed E-state index contributed by atoms with van der Waals surface area (Å²) < 4.78 is 39.1. The van der Waals surface area contributed by atoms with Gasteiger partial charge >= 0.3 is 5.76 Å². The zero-order valence-corrected chi connectivity index (χ0v) is 16.0. The summed E-state index contributed by atoms with van der Waals surface area (Å²) in [5.41, 5.74) is 0.731. The molecule has 1 aliphatic carbocycles. The highest BCUT2D eigenvalue weighted by atomic mass is 32.2. The quantitative estimate of drug-likeness (QED) is 0.640. The first kappa shape index (κ1) is 17.6. The Labute approximate surface area is 161 Å². The highest BCUT2D eigenvalue weighted by Crippen LogP contribution is 2.38. The van der Waals surface area contributed by atoms with E-state index in [1.807, 2.05) is 0 Å². The predicted octanol–water partition coefficient (Wildman–Crippen LogP) is 2.08. The molecule has 2 fully saturated rings. The van der Waals surface area contributed by atoms with Crippen molar-refractivity contribution in [2.75, 3.05) is 13.1 Å². The molecule has 3 aromatic rings. The van der Waals surface area contributed by atoms with Gasteiger partial charge in [0.25, 0.3) is 0 Å². The molecule has 1 aromatic carbocycles. The maximum atomic E-state index is 12.9. The van der Waals surface area contributed by atoms with Gasteiger partial charge in [-0.15, -0.1) is 0 Å². The van der Waals surface area contributed by atoms with E-state index >= 15 is 0 Å². The molecule has 5 rings (SSSR count). The van der Waals surface area contributed by atoms with E-state index in [0.29, 0.717) is 36.2 Å². The molecular weight excluding hydrogens is 384 g/mol. The maximum absolute atomic E-state index is 12.9. The number of sulfonamides is 1. The molecule has 0 spiro atoms. The third-order valence-electron chi connectivity index (χ3n) is 5.30. The zero-order chi connectivity index (χ0) is 19.3. The monoisotopic (exact) mass is 404 g/mol. The van der Waals surface area contributed by atoms with Gasteiger partial charge in [0.2, 0.25) is 15.9 Å². The Morgan fingerprint density at radius 1 is 1.14 bits per heavy atom. The number of nitrogens with zero attached hydrogens (tertiary/aromatic N) is 4. The lowest BCUT2D eigenvalue weighted by Gasteiger charge is -2.25. The van der Waals surface area contributed by atoms with Crippen molar-refractivity contribution >= 4 is 21.1 Å². The number of hydrogen-bond donors (Lipinski definition) is 0. The Morgan fingerprint density at radius 2 is 1.93 bits per heavy atom. The van der Waals surface area contributed by atoms with E-state index in [1.165, 1.54) is 21.0 Å². The topological polar surface area (TPSA) is 111 Å². The minimum atomic E-state index is -3.59. The number of oxazole rings is 1. The fraction of sp³-hybridized carbons (Fsp3) is 0.500. The SMILES string of the molecule is O=c1oc2cc(S(=O)(=O)N3CCCCC3)ccc2n1Cc1noc(C2CC2)n1. The van der Waals surface area contributed by atoms with Crippen LogP contribution in [0.1, 0.15) is 49.7 Å². The minimum Gasteiger partial charge on any atom is -0.408 e. The van der Waals surface area contributed by atoms with E-state index in [1.54, 1.807) is 6.07 Å². The van der Waals surface area contributed by atoms with Gasteiger partial charge in [-0.2, -0.15) is 9.29 Å². The van der Waals surface area contributed by atoms with Crippen molar-refractivity contribution in [3.05, 3.63) is 40.5 Å². The van der Waals surface area contributed by atoms with Gasteiger partial charge in [0.1, 0.15) is 0 Å². The molecule has 0 N–H and O–H groups in total. The summed E-state index contributed by atoms with van der Waals surface area (Å²) in [5.74, 6) is 0.754. The Kier molecular flexibility index (Phi) is 4.13. The van der Waals surface area contributed by atoms with Crippen LogP contribution in [0.15, 0.2) is 36.8 Å². The van der Waals surface area contributed by atoms with E-state index in [2.05, 4.69) is 10.1 Å². The Morgan fingerprint density at radius 3 is 2.68 bits per heavy atom. The van der Waals surface area contributed by atoms with Crippen LogP contribution in [0.4, 0.5) is 0 Å². The Balaban J connectivity index is 1.47. The minimum absolute atomic E-state index is 0.111. The second-order valence-electron chi connectivity index (χ2n) is 7.37. The molecule has 148 valence electrons. The second kappa shape index (κ2) is 6.56. The zero-order valence-electron chi connectivity index (χ0n) is 15.2. The molecule has 0 unspecified atom stereocenters. The summed E-state index contributed by atoms with van der Waals surface area (Å²) >= 11 is 0. The molecule has 1 aliphatic heterocycles. The molecule has 28 heavy (non-hydrogen) atoms. The summed E-state index contributed by atoms with van der Waals surface area (Å²) in [6.07, 6.45) is 4.86. The highest BCUT2D eigenvalue weighted by Gasteiger charge is 2.30. The smallest absolute Gasteiger partial charge is 0.408 e. The van der Waals surface area contributed by atoms with Gasteiger partial charge in [-0.1, -0.05) is 11.6 Å². The van der Waals surface area contributed by atoms with Crippen LogP contribution in [-0.2, 0) is 16.6 Å². The average molecular weight is 404 g/mol. The third-order valence-corrected chi connectivity index (χ3v) is 7.20. The first-order chi connectivity index (χ1) is 13.5. The van der Waals surface area contributed by atoms with Gasteiger partial charge in [-0.05, 0) is 37.8 Å². The predicted molar refractivity (Wildman–Crippen MR) is 98.5 cm³/mol. The number of piperidine rings is 1. The molecule has 2 aromatic heterocycles. The van der Waals surface area contributed by atoms with Crippen molar-refractivity contribution in [2.24, 2.45) is 0 Å². The third kappa shape index (κ3) is 3.06. The van der Waals surface area contributed by atoms with Crippen molar-refractivity contribution in [1.29, 1.82) is 0 Å². The fourth-order valence-corrected chi connectivity index (χ4v) is 5.11. The number of aromatic nitrogens is 3. The molecule has 0 bridgehead atoms. The molecule has 2 aliphatic rings. The Bertz CT molecular complexity index is 1180. The molecule has 3 heterocycles. The van der Waals surface area contributed by atoms with Crippen LogP contribution in [0, 0.1) is 0 Å². The van der Waals surface area contributed by atoms with Crippen LogP contribution in [0.3, 0.4) is 0 Å².